The predicted molar refractivity (Wildman–Crippen MR) is 129 cm³/mol. The average molecular weight is 472 g/mol. The molecule has 0 spiro atoms. The highest BCUT2D eigenvalue weighted by molar-refractivity contribution is 7.80. The van der Waals surface area contributed by atoms with Crippen LogP contribution in [0.5, 0.6) is 17.2 Å². The van der Waals surface area contributed by atoms with Crippen molar-refractivity contribution >= 4 is 28.9 Å². The Kier molecular flexibility index (Phi) is 6.62. The number of hydrogen-bond donors (Lipinski definition) is 2. The summed E-state index contributed by atoms with van der Waals surface area (Å²) in [5.74, 6) is 1.19. The highest BCUT2D eigenvalue weighted by atomic mass is 32.1. The number of amides is 1. The molecule has 2 aliphatic heterocycles. The molecule has 1 amide bonds. The van der Waals surface area contributed by atoms with Crippen molar-refractivity contribution in [2.24, 2.45) is 5.92 Å². The van der Waals surface area contributed by atoms with Crippen molar-refractivity contribution in [3.8, 4) is 17.2 Å². The number of ether oxygens (including phenoxy) is 4. The van der Waals surface area contributed by atoms with Crippen LogP contribution in [0.1, 0.15) is 24.9 Å². The normalized spacial score (nSPS) is 23.2. The number of para-hydroxylation sites is 1. The number of nitrogens with zero attached hydrogens (tertiary/aromatic N) is 1. The van der Waals surface area contributed by atoms with Crippen LogP contribution < -0.4 is 24.8 Å². The second-order valence-corrected chi connectivity index (χ2v) is 8.54. The maximum Gasteiger partial charge on any atom is 0.236 e. The molecule has 2 heterocycles. The summed E-state index contributed by atoms with van der Waals surface area (Å²) in [7, 11) is 4.87. The van der Waals surface area contributed by atoms with Crippen LogP contribution in [-0.4, -0.2) is 56.1 Å². The van der Waals surface area contributed by atoms with Gasteiger partial charge in [0.15, 0.2) is 22.3 Å². The maximum absolute atomic E-state index is 13.7. The second kappa shape index (κ2) is 9.44. The molecule has 176 valence electrons. The number of benzene rings is 2. The SMILES string of the molecule is COCCCN1C(=S)N[C@H]2c3cccc(OC)c3O[C@@]1(C)[C@@H]2C(=O)Nc1ccc(OC)cc1. The first-order chi connectivity index (χ1) is 15.9. The Bertz CT molecular complexity index is 1030. The minimum atomic E-state index is -1.03. The molecule has 1 fully saturated rings. The highest BCUT2D eigenvalue weighted by Gasteiger charge is 2.58. The van der Waals surface area contributed by atoms with Crippen molar-refractivity contribution in [1.82, 2.24) is 10.2 Å². The molecular formula is C24H29N3O5S. The highest BCUT2D eigenvalue weighted by Crippen LogP contribution is 2.51. The Labute approximate surface area is 199 Å². The predicted octanol–water partition coefficient (Wildman–Crippen LogP) is 3.34. The van der Waals surface area contributed by atoms with Crippen molar-refractivity contribution in [3.63, 3.8) is 0 Å². The summed E-state index contributed by atoms with van der Waals surface area (Å²) >= 11 is 5.71. The molecule has 2 N–H and O–H groups in total. The van der Waals surface area contributed by atoms with Crippen molar-refractivity contribution in [3.05, 3.63) is 48.0 Å². The third kappa shape index (κ3) is 4.18. The summed E-state index contributed by atoms with van der Waals surface area (Å²) in [5, 5.41) is 6.97. The van der Waals surface area contributed by atoms with E-state index < -0.39 is 11.6 Å². The average Bonchev–Trinajstić information content (AvgIpc) is 2.81. The van der Waals surface area contributed by atoms with Crippen LogP contribution >= 0.6 is 12.2 Å². The molecule has 0 radical (unpaired) electrons. The van der Waals surface area contributed by atoms with E-state index in [9.17, 15) is 4.79 Å². The van der Waals surface area contributed by atoms with Gasteiger partial charge in [-0.1, -0.05) is 12.1 Å². The lowest BCUT2D eigenvalue weighted by Crippen LogP contribution is -2.71. The Hall–Kier alpha value is -3.04. The van der Waals surface area contributed by atoms with Gasteiger partial charge >= 0.3 is 0 Å². The van der Waals surface area contributed by atoms with Gasteiger partial charge < -0.3 is 34.5 Å². The van der Waals surface area contributed by atoms with Crippen LogP contribution in [0, 0.1) is 5.92 Å². The molecule has 9 heteroatoms. The molecule has 2 aromatic carbocycles. The molecule has 3 atom stereocenters. The lowest BCUT2D eigenvalue weighted by atomic mass is 9.78. The number of rotatable bonds is 8. The molecule has 0 aliphatic carbocycles. The Morgan fingerprint density at radius 1 is 1.18 bits per heavy atom. The van der Waals surface area contributed by atoms with Crippen LogP contribution in [-0.2, 0) is 9.53 Å². The number of carbonyl (C=O) groups is 1. The van der Waals surface area contributed by atoms with Gasteiger partial charge in [0.2, 0.25) is 5.91 Å². The van der Waals surface area contributed by atoms with E-state index in [-0.39, 0.29) is 11.9 Å². The third-order valence-electron chi connectivity index (χ3n) is 6.21. The van der Waals surface area contributed by atoms with Crippen LogP contribution in [0.4, 0.5) is 5.69 Å². The fourth-order valence-electron chi connectivity index (χ4n) is 4.58. The zero-order chi connectivity index (χ0) is 23.6. The van der Waals surface area contributed by atoms with E-state index in [1.165, 1.54) is 0 Å². The number of thiocarbonyl (C=S) groups is 1. The molecule has 2 bridgehead atoms. The summed E-state index contributed by atoms with van der Waals surface area (Å²) in [6.07, 6.45) is 0.730. The van der Waals surface area contributed by atoms with E-state index in [1.807, 2.05) is 42.2 Å². The smallest absolute Gasteiger partial charge is 0.236 e. The van der Waals surface area contributed by atoms with Gasteiger partial charge in [0.1, 0.15) is 11.7 Å². The summed E-state index contributed by atoms with van der Waals surface area (Å²) in [4.78, 5) is 15.6. The zero-order valence-electron chi connectivity index (χ0n) is 19.2. The number of methoxy groups -OCH3 is 3. The first kappa shape index (κ1) is 23.1. The largest absolute Gasteiger partial charge is 0.497 e. The summed E-state index contributed by atoms with van der Waals surface area (Å²) < 4.78 is 22.6. The van der Waals surface area contributed by atoms with Crippen molar-refractivity contribution in [2.75, 3.05) is 39.8 Å². The number of nitrogens with one attached hydrogen (secondary N) is 2. The van der Waals surface area contributed by atoms with Crippen molar-refractivity contribution in [1.29, 1.82) is 0 Å². The van der Waals surface area contributed by atoms with E-state index in [1.54, 1.807) is 33.5 Å². The molecule has 8 nitrogen and oxygen atoms in total. The third-order valence-corrected chi connectivity index (χ3v) is 6.55. The molecule has 0 aromatic heterocycles. The Morgan fingerprint density at radius 2 is 1.94 bits per heavy atom. The van der Waals surface area contributed by atoms with Crippen LogP contribution in [0.2, 0.25) is 0 Å². The summed E-state index contributed by atoms with van der Waals surface area (Å²) in [5.41, 5.74) is 0.479. The minimum Gasteiger partial charge on any atom is -0.497 e. The van der Waals surface area contributed by atoms with Gasteiger partial charge in [0, 0.05) is 31.5 Å². The number of anilines is 1. The van der Waals surface area contributed by atoms with Gasteiger partial charge in [-0.2, -0.15) is 0 Å². The molecule has 4 rings (SSSR count). The molecule has 33 heavy (non-hydrogen) atoms. The Morgan fingerprint density at radius 3 is 2.61 bits per heavy atom. The van der Waals surface area contributed by atoms with Crippen molar-refractivity contribution in [2.45, 2.75) is 25.1 Å². The maximum atomic E-state index is 13.7. The lowest BCUT2D eigenvalue weighted by molar-refractivity contribution is -0.149. The number of carbonyl (C=O) groups excluding carboxylic acids is 1. The zero-order valence-corrected chi connectivity index (χ0v) is 20.0. The van der Waals surface area contributed by atoms with Crippen LogP contribution in [0.3, 0.4) is 0 Å². The molecule has 0 saturated carbocycles. The fourth-order valence-corrected chi connectivity index (χ4v) is 4.98. The lowest BCUT2D eigenvalue weighted by Gasteiger charge is -2.56. The van der Waals surface area contributed by atoms with E-state index in [0.717, 1.165) is 17.7 Å². The number of fused-ring (bicyclic) bond motifs is 4. The number of hydrogen-bond acceptors (Lipinski definition) is 6. The first-order valence-electron chi connectivity index (χ1n) is 10.8. The topological polar surface area (TPSA) is 81.3 Å². The summed E-state index contributed by atoms with van der Waals surface area (Å²) in [6.45, 7) is 3.05. The molecular weight excluding hydrogens is 442 g/mol. The minimum absolute atomic E-state index is 0.173. The van der Waals surface area contributed by atoms with Gasteiger partial charge in [0.05, 0.1) is 20.3 Å². The van der Waals surface area contributed by atoms with Crippen LogP contribution in [0.25, 0.3) is 0 Å². The van der Waals surface area contributed by atoms with E-state index in [4.69, 9.17) is 31.2 Å². The van der Waals surface area contributed by atoms with Gasteiger partial charge in [0.25, 0.3) is 0 Å². The van der Waals surface area contributed by atoms with Gasteiger partial charge in [-0.05, 0) is 55.9 Å². The first-order valence-corrected chi connectivity index (χ1v) is 11.2. The molecule has 2 aliphatic rings. The molecule has 1 saturated heterocycles. The van der Waals surface area contributed by atoms with E-state index in [0.29, 0.717) is 35.5 Å². The second-order valence-electron chi connectivity index (χ2n) is 8.16. The quantitative estimate of drug-likeness (QED) is 0.448. The van der Waals surface area contributed by atoms with Gasteiger partial charge in [-0.15, -0.1) is 0 Å². The fraction of sp³-hybridized carbons (Fsp3) is 0.417. The van der Waals surface area contributed by atoms with E-state index >= 15 is 0 Å². The summed E-state index contributed by atoms with van der Waals surface area (Å²) in [6, 6.07) is 12.5. The van der Waals surface area contributed by atoms with Crippen molar-refractivity contribution < 1.29 is 23.7 Å². The molecule has 0 unspecified atom stereocenters. The standard InChI is InChI=1S/C24H29N3O5S/c1-24-19(22(28)25-15-9-11-16(30-3)12-10-15)20(26-23(33)27(24)13-6-14-29-2)17-7-5-8-18(31-4)21(17)32-24/h5,7-12,19-20H,6,13-14H2,1-4H3,(H,25,28)(H,26,33)/t19-,20-,24-/m0/s1. The monoisotopic (exact) mass is 471 g/mol. The Balaban J connectivity index is 1.73. The molecule has 2 aromatic rings. The van der Waals surface area contributed by atoms with Gasteiger partial charge in [-0.3, -0.25) is 4.79 Å². The van der Waals surface area contributed by atoms with Crippen LogP contribution in [0.15, 0.2) is 42.5 Å². The van der Waals surface area contributed by atoms with E-state index in [2.05, 4.69) is 10.6 Å². The van der Waals surface area contributed by atoms with Gasteiger partial charge in [-0.25, -0.2) is 0 Å².